The number of hydrogen-bond acceptors (Lipinski definition) is 0. The second kappa shape index (κ2) is 5.35. The Labute approximate surface area is 110 Å². The van der Waals surface area contributed by atoms with Crippen LogP contribution in [0.3, 0.4) is 0 Å². The van der Waals surface area contributed by atoms with E-state index in [1.54, 1.807) is 0 Å². The van der Waals surface area contributed by atoms with Crippen molar-refractivity contribution in [3.8, 4) is 11.1 Å². The summed E-state index contributed by atoms with van der Waals surface area (Å²) in [7, 11) is 0. The molecule has 15 heavy (non-hydrogen) atoms. The van der Waals surface area contributed by atoms with Gasteiger partial charge in [0.25, 0.3) is 0 Å². The van der Waals surface area contributed by atoms with Crippen LogP contribution >= 0.6 is 24.5 Å². The molecule has 0 bridgehead atoms. The van der Waals surface area contributed by atoms with Crippen molar-refractivity contribution in [2.24, 2.45) is 0 Å². The van der Waals surface area contributed by atoms with Gasteiger partial charge in [-0.15, -0.1) is 0 Å². The van der Waals surface area contributed by atoms with Crippen LogP contribution in [0.5, 0.6) is 0 Å². The zero-order valence-corrected chi connectivity index (χ0v) is 11.8. The van der Waals surface area contributed by atoms with Crippen LogP contribution < -0.4 is 3.69 Å². The van der Waals surface area contributed by atoms with E-state index < -0.39 is 0 Å². The van der Waals surface area contributed by atoms with Crippen LogP contribution in [-0.4, -0.2) is 18.2 Å². The molecule has 0 amide bonds. The molecule has 0 atom stereocenters. The van der Waals surface area contributed by atoms with Gasteiger partial charge in [0.2, 0.25) is 0 Å². The molecule has 0 aliphatic heterocycles. The first-order chi connectivity index (χ1) is 7.29. The smallest absolute Gasteiger partial charge is 0.296 e. The number of benzene rings is 2. The van der Waals surface area contributed by atoms with Crippen molar-refractivity contribution in [1.82, 2.24) is 0 Å². The van der Waals surface area contributed by atoms with Crippen molar-refractivity contribution >= 4 is 46.4 Å². The minimum absolute atomic E-state index is 0.220. The predicted octanol–water partition coefficient (Wildman–Crippen LogP) is 3.65. The third-order valence-corrected chi connectivity index (χ3v) is 5.26. The Morgan fingerprint density at radius 1 is 0.800 bits per heavy atom. The summed E-state index contributed by atoms with van der Waals surface area (Å²) in [4.78, 5) is 0. The third kappa shape index (κ3) is 2.97. The quantitative estimate of drug-likeness (QED) is 0.741. The summed E-state index contributed by atoms with van der Waals surface area (Å²) in [6.45, 7) is 0. The molecule has 0 unspecified atom stereocenters. The average Bonchev–Trinajstić information content (AvgIpc) is 2.30. The van der Waals surface area contributed by atoms with Gasteiger partial charge in [0.15, 0.2) is 0 Å². The molecule has 2 aromatic carbocycles. The molecule has 0 spiro atoms. The molecule has 0 nitrogen and oxygen atoms in total. The lowest BCUT2D eigenvalue weighted by Gasteiger charge is -2.02. The molecule has 0 saturated carbocycles. The molecule has 0 saturated heterocycles. The molecule has 0 radical (unpaired) electrons. The van der Waals surface area contributed by atoms with Crippen LogP contribution in [0.4, 0.5) is 0 Å². The van der Waals surface area contributed by atoms with Crippen LogP contribution in [-0.2, 0) is 0 Å². The first kappa shape index (κ1) is 11.5. The van der Waals surface area contributed by atoms with E-state index in [9.17, 15) is 0 Å². The van der Waals surface area contributed by atoms with Gasteiger partial charge in [-0.1, -0.05) is 48.0 Å². The summed E-state index contributed by atoms with van der Waals surface area (Å²) in [5.41, 5.74) is 2.45. The van der Waals surface area contributed by atoms with Gasteiger partial charge in [0.1, 0.15) is 0 Å². The molecule has 3 heteroatoms. The SMILES string of the molecule is Clc1ccc(-c2cc[c]([Mg][Br])cc2)cc1. The monoisotopic (exact) mass is 290 g/mol. The second-order valence-electron chi connectivity index (χ2n) is 3.34. The van der Waals surface area contributed by atoms with Crippen molar-refractivity contribution in [3.63, 3.8) is 0 Å². The summed E-state index contributed by atoms with van der Waals surface area (Å²) in [6, 6.07) is 16.6. The van der Waals surface area contributed by atoms with Gasteiger partial charge in [-0.25, -0.2) is 0 Å². The number of hydrogen-bond donors (Lipinski definition) is 0. The first-order valence-electron chi connectivity index (χ1n) is 4.70. The van der Waals surface area contributed by atoms with Gasteiger partial charge in [-0.05, 0) is 23.3 Å². The van der Waals surface area contributed by atoms with Gasteiger partial charge in [-0.3, -0.25) is 12.9 Å². The van der Waals surface area contributed by atoms with E-state index in [2.05, 4.69) is 37.1 Å². The highest BCUT2D eigenvalue weighted by Gasteiger charge is 1.98. The van der Waals surface area contributed by atoms with Crippen LogP contribution in [0.1, 0.15) is 0 Å². The zero-order chi connectivity index (χ0) is 10.7. The van der Waals surface area contributed by atoms with Crippen molar-refractivity contribution < 1.29 is 0 Å². The Balaban J connectivity index is 2.33. The Kier molecular flexibility index (Phi) is 4.09. The normalized spacial score (nSPS) is 9.73. The molecular formula is C12H8BrClMg. The molecule has 0 fully saturated rings. The minimum Gasteiger partial charge on any atom is -0.296 e. The fourth-order valence-corrected chi connectivity index (χ4v) is 3.09. The molecule has 0 aliphatic carbocycles. The van der Waals surface area contributed by atoms with Crippen molar-refractivity contribution in [3.05, 3.63) is 53.6 Å². The van der Waals surface area contributed by atoms with E-state index >= 15 is 0 Å². The van der Waals surface area contributed by atoms with E-state index in [0.717, 1.165) is 5.02 Å². The molecule has 72 valence electrons. The van der Waals surface area contributed by atoms with Crippen LogP contribution in [0.15, 0.2) is 48.5 Å². The lowest BCUT2D eigenvalue weighted by molar-refractivity contribution is 1.63. The van der Waals surface area contributed by atoms with Gasteiger partial charge >= 0.3 is 18.2 Å². The van der Waals surface area contributed by atoms with E-state index in [0.29, 0.717) is 0 Å². The molecule has 2 rings (SSSR count). The van der Waals surface area contributed by atoms with E-state index in [1.165, 1.54) is 14.8 Å². The summed E-state index contributed by atoms with van der Waals surface area (Å²) >= 11 is 9.20. The maximum atomic E-state index is 5.85. The van der Waals surface area contributed by atoms with E-state index in [1.807, 2.05) is 24.3 Å². The Bertz CT molecular complexity index is 436. The third-order valence-electron chi connectivity index (χ3n) is 2.29. The standard InChI is InChI=1S/C12H8Cl.BrH.Mg/c13-12-8-6-11(7-9-12)10-4-2-1-3-5-10;;/h2-9H;1H;/q;;+1/p-1. The molecule has 0 aliphatic rings. The Morgan fingerprint density at radius 3 is 1.73 bits per heavy atom. The Morgan fingerprint density at radius 2 is 1.27 bits per heavy atom. The first-order valence-corrected chi connectivity index (χ1v) is 9.69. The van der Waals surface area contributed by atoms with Crippen LogP contribution in [0.2, 0.25) is 5.02 Å². The van der Waals surface area contributed by atoms with E-state index in [4.69, 9.17) is 11.6 Å². The van der Waals surface area contributed by atoms with Crippen molar-refractivity contribution in [1.29, 1.82) is 0 Å². The lowest BCUT2D eigenvalue weighted by atomic mass is 10.1. The summed E-state index contributed by atoms with van der Waals surface area (Å²) in [5, 5.41) is 0.781. The highest BCUT2D eigenvalue weighted by atomic mass is 79.9. The molecule has 0 N–H and O–H groups in total. The topological polar surface area (TPSA) is 0 Å². The van der Waals surface area contributed by atoms with Gasteiger partial charge in [-0.2, -0.15) is 3.69 Å². The number of halogens is 2. The second-order valence-corrected chi connectivity index (χ2v) is 6.54. The molecule has 2 aromatic rings. The van der Waals surface area contributed by atoms with Crippen LogP contribution in [0, 0.1) is 0 Å². The van der Waals surface area contributed by atoms with Gasteiger partial charge in [0.05, 0.1) is 0 Å². The highest BCUT2D eigenvalue weighted by Crippen LogP contribution is 2.20. The van der Waals surface area contributed by atoms with E-state index in [-0.39, 0.29) is 18.2 Å². The van der Waals surface area contributed by atoms with Gasteiger partial charge in [0, 0.05) is 5.02 Å². The number of rotatable bonds is 2. The highest BCUT2D eigenvalue weighted by molar-refractivity contribution is 9.23. The summed E-state index contributed by atoms with van der Waals surface area (Å²) < 4.78 is 1.42. The van der Waals surface area contributed by atoms with Gasteiger partial charge < -0.3 is 0 Å². The van der Waals surface area contributed by atoms with Crippen molar-refractivity contribution in [2.45, 2.75) is 0 Å². The van der Waals surface area contributed by atoms with Crippen LogP contribution in [0.25, 0.3) is 11.1 Å². The summed E-state index contributed by atoms with van der Waals surface area (Å²) in [5.74, 6) is 0. The molecule has 0 aromatic heterocycles. The largest absolute Gasteiger partial charge is 0.506 e. The average molecular weight is 292 g/mol. The van der Waals surface area contributed by atoms with Crippen molar-refractivity contribution in [2.75, 3.05) is 0 Å². The zero-order valence-electron chi connectivity index (χ0n) is 8.08. The fraction of sp³-hybridized carbons (Fsp3) is 0. The maximum Gasteiger partial charge on any atom is 0.506 e. The lowest BCUT2D eigenvalue weighted by Crippen LogP contribution is -2.06. The fourth-order valence-electron chi connectivity index (χ4n) is 1.43. The molecular weight excluding hydrogens is 284 g/mol. The predicted molar refractivity (Wildman–Crippen MR) is 71.2 cm³/mol. The maximum absolute atomic E-state index is 5.85. The molecule has 0 heterocycles. The Hall–Kier alpha value is -0.0238. The summed E-state index contributed by atoms with van der Waals surface area (Å²) in [6.07, 6.45) is 0. The minimum atomic E-state index is -0.220.